The highest BCUT2D eigenvalue weighted by atomic mass is 35.5. The van der Waals surface area contributed by atoms with E-state index < -0.39 is 0 Å². The van der Waals surface area contributed by atoms with Gasteiger partial charge in [0.2, 0.25) is 0 Å². The number of hydrogen-bond donors (Lipinski definition) is 0. The molecule has 3 rings (SSSR count). The van der Waals surface area contributed by atoms with Gasteiger partial charge in [0, 0.05) is 22.5 Å². The molecule has 1 heterocycles. The molecule has 1 aliphatic rings. The third-order valence-electron chi connectivity index (χ3n) is 6.36. The number of fused-ring (bicyclic) bond motifs is 1. The van der Waals surface area contributed by atoms with Gasteiger partial charge in [0.15, 0.2) is 0 Å². The van der Waals surface area contributed by atoms with Crippen molar-refractivity contribution >= 4 is 17.5 Å². The zero-order valence-electron chi connectivity index (χ0n) is 18.9. The molecule has 3 unspecified atom stereocenters. The Morgan fingerprint density at radius 3 is 2.47 bits per heavy atom. The van der Waals surface area contributed by atoms with Crippen molar-refractivity contribution in [2.24, 2.45) is 5.92 Å². The van der Waals surface area contributed by atoms with E-state index in [0.717, 1.165) is 52.1 Å². The summed E-state index contributed by atoms with van der Waals surface area (Å²) in [4.78, 5) is 16.0. The first-order valence-electron chi connectivity index (χ1n) is 11.1. The predicted octanol–water partition coefficient (Wildman–Crippen LogP) is 7.72. The minimum absolute atomic E-state index is 0.0157. The predicted molar refractivity (Wildman–Crippen MR) is 127 cm³/mol. The maximum atomic E-state index is 13.9. The van der Waals surface area contributed by atoms with Crippen LogP contribution in [0.25, 0.3) is 0 Å². The van der Waals surface area contributed by atoms with Crippen molar-refractivity contribution in [3.05, 3.63) is 81.9 Å². The van der Waals surface area contributed by atoms with Gasteiger partial charge in [-0.25, -0.2) is 0 Å². The summed E-state index contributed by atoms with van der Waals surface area (Å²) in [5.41, 5.74) is 5.05. The number of halogens is 1. The van der Waals surface area contributed by atoms with Gasteiger partial charge in [-0.3, -0.25) is 4.79 Å². The van der Waals surface area contributed by atoms with Gasteiger partial charge in [0.25, 0.3) is 5.91 Å². The van der Waals surface area contributed by atoms with Gasteiger partial charge in [0.05, 0.1) is 6.04 Å². The van der Waals surface area contributed by atoms with Gasteiger partial charge >= 0.3 is 0 Å². The Morgan fingerprint density at radius 1 is 1.17 bits per heavy atom. The van der Waals surface area contributed by atoms with Crippen LogP contribution in [-0.4, -0.2) is 16.8 Å². The summed E-state index contributed by atoms with van der Waals surface area (Å²) in [6, 6.07) is 14.2. The Morgan fingerprint density at radius 2 is 1.87 bits per heavy atom. The van der Waals surface area contributed by atoms with Crippen LogP contribution >= 0.6 is 11.6 Å². The van der Waals surface area contributed by atoms with Crippen LogP contribution in [0.5, 0.6) is 0 Å². The second-order valence-corrected chi connectivity index (χ2v) is 9.45. The summed E-state index contributed by atoms with van der Waals surface area (Å²) >= 11 is 6.79. The molecular weight excluding hydrogens is 390 g/mol. The smallest absolute Gasteiger partial charge is 0.254 e. The number of hydrogen-bond acceptors (Lipinski definition) is 1. The standard InChI is InChI=1S/C27H34ClNO/c1-7-8-13-24(17(2)3)29-26(22-15-14-19(6)16-23(22)28)25(18(4)5)20-11-9-10-12-21(20)27(29)30/h9-12,14-17,24-26H,4,7-8,13H2,1-3,5-6H3. The monoisotopic (exact) mass is 423 g/mol. The molecule has 0 aromatic heterocycles. The summed E-state index contributed by atoms with van der Waals surface area (Å²) in [5, 5.41) is 0.724. The van der Waals surface area contributed by atoms with Gasteiger partial charge in [-0.05, 0) is 55.0 Å². The van der Waals surface area contributed by atoms with Crippen LogP contribution in [0.15, 0.2) is 54.6 Å². The van der Waals surface area contributed by atoms with E-state index in [4.69, 9.17) is 11.6 Å². The Kier molecular flexibility index (Phi) is 7.08. The van der Waals surface area contributed by atoms with Crippen LogP contribution < -0.4 is 0 Å². The van der Waals surface area contributed by atoms with Crippen molar-refractivity contribution in [3.63, 3.8) is 0 Å². The molecule has 1 aliphatic heterocycles. The van der Waals surface area contributed by atoms with E-state index in [9.17, 15) is 4.79 Å². The van der Waals surface area contributed by atoms with Crippen LogP contribution in [0.2, 0.25) is 5.02 Å². The first kappa shape index (κ1) is 22.6. The lowest BCUT2D eigenvalue weighted by Gasteiger charge is -2.48. The average Bonchev–Trinajstić information content (AvgIpc) is 2.69. The van der Waals surface area contributed by atoms with Crippen molar-refractivity contribution in [1.29, 1.82) is 0 Å². The summed E-state index contributed by atoms with van der Waals surface area (Å²) in [6.07, 6.45) is 3.20. The molecule has 2 aromatic rings. The number of amides is 1. The number of nitrogens with zero attached hydrogens (tertiary/aromatic N) is 1. The van der Waals surface area contributed by atoms with Gasteiger partial charge in [-0.2, -0.15) is 0 Å². The van der Waals surface area contributed by atoms with Crippen molar-refractivity contribution < 1.29 is 4.79 Å². The third kappa shape index (κ3) is 4.21. The molecule has 0 N–H and O–H groups in total. The molecule has 0 spiro atoms. The molecule has 0 saturated heterocycles. The number of unbranched alkanes of at least 4 members (excludes halogenated alkanes) is 1. The van der Waals surface area contributed by atoms with E-state index in [0.29, 0.717) is 5.92 Å². The maximum Gasteiger partial charge on any atom is 0.254 e. The van der Waals surface area contributed by atoms with Crippen molar-refractivity contribution in [2.75, 3.05) is 0 Å². The van der Waals surface area contributed by atoms with Crippen LogP contribution in [0.4, 0.5) is 0 Å². The average molecular weight is 424 g/mol. The summed E-state index contributed by atoms with van der Waals surface area (Å²) in [5.74, 6) is 0.477. The molecule has 2 aromatic carbocycles. The number of rotatable bonds is 7. The van der Waals surface area contributed by atoms with E-state index in [1.807, 2.05) is 31.2 Å². The zero-order chi connectivity index (χ0) is 22.0. The normalized spacial score (nSPS) is 19.7. The van der Waals surface area contributed by atoms with Crippen molar-refractivity contribution in [2.45, 2.75) is 71.9 Å². The highest BCUT2D eigenvalue weighted by Crippen LogP contribution is 2.49. The number of carbonyl (C=O) groups excluding carboxylic acids is 1. The quantitative estimate of drug-likeness (QED) is 0.417. The molecular formula is C27H34ClNO. The van der Waals surface area contributed by atoms with Crippen molar-refractivity contribution in [3.8, 4) is 0 Å². The fourth-order valence-corrected chi connectivity index (χ4v) is 5.21. The fourth-order valence-electron chi connectivity index (χ4n) is 4.86. The summed E-state index contributed by atoms with van der Waals surface area (Å²) in [6.45, 7) is 15.1. The van der Waals surface area contributed by atoms with Gasteiger partial charge in [0.1, 0.15) is 0 Å². The Balaban J connectivity index is 2.27. The molecule has 0 radical (unpaired) electrons. The molecule has 0 bridgehead atoms. The Bertz CT molecular complexity index is 932. The van der Waals surface area contributed by atoms with E-state index in [1.54, 1.807) is 0 Å². The van der Waals surface area contributed by atoms with Crippen LogP contribution in [0.3, 0.4) is 0 Å². The molecule has 0 fully saturated rings. The zero-order valence-corrected chi connectivity index (χ0v) is 19.7. The molecule has 3 atom stereocenters. The molecule has 3 heteroatoms. The molecule has 2 nitrogen and oxygen atoms in total. The molecule has 30 heavy (non-hydrogen) atoms. The third-order valence-corrected chi connectivity index (χ3v) is 6.69. The maximum absolute atomic E-state index is 13.9. The lowest BCUT2D eigenvalue weighted by Crippen LogP contribution is -2.50. The Labute approximate surface area is 186 Å². The summed E-state index contributed by atoms with van der Waals surface area (Å²) in [7, 11) is 0. The first-order chi connectivity index (χ1) is 14.3. The SMILES string of the molecule is C=C(C)C1c2ccccc2C(=O)N(C(CCCC)C(C)C)C1c1ccc(C)cc1Cl. The highest BCUT2D eigenvalue weighted by Gasteiger charge is 2.44. The van der Waals surface area contributed by atoms with E-state index in [1.165, 1.54) is 0 Å². The lowest BCUT2D eigenvalue weighted by atomic mass is 9.75. The van der Waals surface area contributed by atoms with Gasteiger partial charge in [-0.1, -0.05) is 87.7 Å². The Hall–Kier alpha value is -2.06. The minimum Gasteiger partial charge on any atom is -0.327 e. The molecule has 1 amide bonds. The van der Waals surface area contributed by atoms with Crippen LogP contribution in [0, 0.1) is 12.8 Å². The second-order valence-electron chi connectivity index (χ2n) is 9.05. The van der Waals surface area contributed by atoms with E-state index >= 15 is 0 Å². The van der Waals surface area contributed by atoms with Gasteiger partial charge < -0.3 is 4.90 Å². The number of benzene rings is 2. The number of carbonyl (C=O) groups is 1. The highest BCUT2D eigenvalue weighted by molar-refractivity contribution is 6.31. The van der Waals surface area contributed by atoms with Crippen LogP contribution in [0.1, 0.15) is 86.0 Å². The minimum atomic E-state index is -0.151. The molecule has 0 aliphatic carbocycles. The fraction of sp³-hybridized carbons (Fsp3) is 0.444. The molecule has 0 saturated carbocycles. The van der Waals surface area contributed by atoms with E-state index in [-0.39, 0.29) is 23.9 Å². The van der Waals surface area contributed by atoms with Crippen LogP contribution in [-0.2, 0) is 0 Å². The number of aryl methyl sites for hydroxylation is 1. The topological polar surface area (TPSA) is 20.3 Å². The second kappa shape index (κ2) is 9.39. The first-order valence-corrected chi connectivity index (χ1v) is 11.5. The van der Waals surface area contributed by atoms with E-state index in [2.05, 4.69) is 57.4 Å². The van der Waals surface area contributed by atoms with Gasteiger partial charge in [-0.15, -0.1) is 0 Å². The largest absolute Gasteiger partial charge is 0.327 e. The molecule has 160 valence electrons. The summed E-state index contributed by atoms with van der Waals surface area (Å²) < 4.78 is 0. The lowest BCUT2D eigenvalue weighted by molar-refractivity contribution is 0.0403. The van der Waals surface area contributed by atoms with Crippen molar-refractivity contribution in [1.82, 2.24) is 4.90 Å².